The number of ether oxygens (including phenoxy) is 1. The summed E-state index contributed by atoms with van der Waals surface area (Å²) in [4.78, 5) is 0. The zero-order valence-electron chi connectivity index (χ0n) is 11.8. The van der Waals surface area contributed by atoms with E-state index in [9.17, 15) is 0 Å². The summed E-state index contributed by atoms with van der Waals surface area (Å²) in [6, 6.07) is 5.72. The molecule has 2 rings (SSSR count). The molecule has 0 fully saturated rings. The van der Waals surface area contributed by atoms with E-state index in [0.717, 1.165) is 23.6 Å². The Morgan fingerprint density at radius 3 is 2.95 bits per heavy atom. The number of halogens is 1. The maximum atomic E-state index is 6.27. The molecule has 0 saturated heterocycles. The molecule has 1 aromatic heterocycles. The third kappa shape index (κ3) is 3.15. The zero-order valence-corrected chi connectivity index (χ0v) is 12.6. The molecule has 0 aliphatic carbocycles. The van der Waals surface area contributed by atoms with E-state index in [-0.39, 0.29) is 6.04 Å². The van der Waals surface area contributed by atoms with Crippen LogP contribution in [0.15, 0.2) is 18.2 Å². The summed E-state index contributed by atoms with van der Waals surface area (Å²) in [5.41, 5.74) is 1.84. The molecule has 0 saturated carbocycles. The lowest BCUT2D eigenvalue weighted by molar-refractivity contribution is 0.196. The quantitative estimate of drug-likeness (QED) is 0.825. The number of para-hydroxylation sites is 1. The lowest BCUT2D eigenvalue weighted by Gasteiger charge is -2.15. The van der Waals surface area contributed by atoms with E-state index in [4.69, 9.17) is 16.3 Å². The van der Waals surface area contributed by atoms with Gasteiger partial charge in [0, 0.05) is 13.7 Å². The monoisotopic (exact) mass is 295 g/mol. The number of nitrogens with zero attached hydrogens (tertiary/aromatic N) is 4. The number of aryl methyl sites for hydroxylation is 1. The predicted molar refractivity (Wildman–Crippen MR) is 77.2 cm³/mol. The first-order valence-electron chi connectivity index (χ1n) is 6.41. The molecule has 1 aromatic carbocycles. The van der Waals surface area contributed by atoms with Crippen molar-refractivity contribution in [3.8, 4) is 5.69 Å². The lowest BCUT2D eigenvalue weighted by atomic mass is 10.2. The average molecular weight is 296 g/mol. The molecule has 7 heteroatoms. The van der Waals surface area contributed by atoms with Crippen LogP contribution < -0.4 is 5.32 Å². The van der Waals surface area contributed by atoms with Gasteiger partial charge < -0.3 is 10.1 Å². The summed E-state index contributed by atoms with van der Waals surface area (Å²) in [6.07, 6.45) is 0. The molecule has 0 radical (unpaired) electrons. The van der Waals surface area contributed by atoms with Crippen molar-refractivity contribution >= 4 is 11.6 Å². The highest BCUT2D eigenvalue weighted by Gasteiger charge is 2.18. The number of tetrazole rings is 1. The Labute approximate surface area is 123 Å². The van der Waals surface area contributed by atoms with Gasteiger partial charge in [-0.2, -0.15) is 4.68 Å². The van der Waals surface area contributed by atoms with Crippen LogP contribution in [-0.4, -0.2) is 40.5 Å². The Morgan fingerprint density at radius 2 is 2.25 bits per heavy atom. The fourth-order valence-electron chi connectivity index (χ4n) is 1.98. The van der Waals surface area contributed by atoms with Crippen LogP contribution in [0.2, 0.25) is 5.02 Å². The second-order valence-corrected chi connectivity index (χ2v) is 4.93. The number of benzene rings is 1. The minimum Gasteiger partial charge on any atom is -0.383 e. The van der Waals surface area contributed by atoms with Crippen molar-refractivity contribution in [2.75, 3.05) is 20.3 Å². The summed E-state index contributed by atoms with van der Waals surface area (Å²) >= 11 is 6.27. The normalized spacial score (nSPS) is 12.6. The van der Waals surface area contributed by atoms with Gasteiger partial charge in [-0.3, -0.25) is 0 Å². The fourth-order valence-corrected chi connectivity index (χ4v) is 2.29. The minimum atomic E-state index is -0.00387. The Bertz CT molecular complexity index is 551. The number of hydrogen-bond donors (Lipinski definition) is 1. The molecule has 0 aliphatic rings. The second kappa shape index (κ2) is 6.78. The number of methoxy groups -OCH3 is 1. The van der Waals surface area contributed by atoms with E-state index in [1.54, 1.807) is 11.8 Å². The van der Waals surface area contributed by atoms with Crippen molar-refractivity contribution in [1.29, 1.82) is 0 Å². The van der Waals surface area contributed by atoms with Gasteiger partial charge in [-0.25, -0.2) is 0 Å². The van der Waals surface area contributed by atoms with E-state index < -0.39 is 0 Å². The van der Waals surface area contributed by atoms with Crippen LogP contribution in [0.3, 0.4) is 0 Å². The third-order valence-corrected chi connectivity index (χ3v) is 3.34. The van der Waals surface area contributed by atoms with Gasteiger partial charge in [0.05, 0.1) is 23.4 Å². The maximum absolute atomic E-state index is 6.27. The van der Waals surface area contributed by atoms with Gasteiger partial charge in [0.1, 0.15) is 0 Å². The lowest BCUT2D eigenvalue weighted by Crippen LogP contribution is -2.25. The van der Waals surface area contributed by atoms with E-state index in [0.29, 0.717) is 11.6 Å². The minimum absolute atomic E-state index is 0.00387. The van der Waals surface area contributed by atoms with Gasteiger partial charge >= 0.3 is 0 Å². The van der Waals surface area contributed by atoms with E-state index in [1.165, 1.54) is 0 Å². The first kappa shape index (κ1) is 14.9. The first-order chi connectivity index (χ1) is 9.65. The van der Waals surface area contributed by atoms with Gasteiger partial charge in [0.25, 0.3) is 0 Å². The average Bonchev–Trinajstić information content (AvgIpc) is 2.88. The van der Waals surface area contributed by atoms with Crippen molar-refractivity contribution < 1.29 is 4.74 Å². The van der Waals surface area contributed by atoms with Gasteiger partial charge in [0.2, 0.25) is 0 Å². The molecule has 108 valence electrons. The molecule has 20 heavy (non-hydrogen) atoms. The smallest absolute Gasteiger partial charge is 0.173 e. The molecule has 1 unspecified atom stereocenters. The Morgan fingerprint density at radius 1 is 1.45 bits per heavy atom. The maximum Gasteiger partial charge on any atom is 0.173 e. The molecule has 0 amide bonds. The first-order valence-corrected chi connectivity index (χ1v) is 6.79. The summed E-state index contributed by atoms with van der Waals surface area (Å²) in [5.74, 6) is 0.720. The summed E-state index contributed by atoms with van der Waals surface area (Å²) in [7, 11) is 1.67. The molecule has 1 N–H and O–H groups in total. The summed E-state index contributed by atoms with van der Waals surface area (Å²) in [6.45, 7) is 5.35. The SMILES string of the molecule is COCCNC(C)c1nnnn1-c1c(C)cccc1Cl. The fraction of sp³-hybridized carbons (Fsp3) is 0.462. The number of aromatic nitrogens is 4. The van der Waals surface area contributed by atoms with Gasteiger partial charge in [-0.1, -0.05) is 23.7 Å². The molecule has 1 atom stereocenters. The summed E-state index contributed by atoms with van der Waals surface area (Å²) in [5, 5.41) is 15.8. The van der Waals surface area contributed by atoms with Crippen molar-refractivity contribution in [2.24, 2.45) is 0 Å². The van der Waals surface area contributed by atoms with Crippen LogP contribution in [0.25, 0.3) is 5.69 Å². The van der Waals surface area contributed by atoms with Crippen molar-refractivity contribution in [3.05, 3.63) is 34.6 Å². The summed E-state index contributed by atoms with van der Waals surface area (Å²) < 4.78 is 6.70. The van der Waals surface area contributed by atoms with Gasteiger partial charge in [-0.15, -0.1) is 5.10 Å². The highest BCUT2D eigenvalue weighted by molar-refractivity contribution is 6.32. The second-order valence-electron chi connectivity index (χ2n) is 4.52. The Hall–Kier alpha value is -1.50. The molecule has 6 nitrogen and oxygen atoms in total. The van der Waals surface area contributed by atoms with Crippen LogP contribution in [0, 0.1) is 6.92 Å². The highest BCUT2D eigenvalue weighted by Crippen LogP contribution is 2.25. The van der Waals surface area contributed by atoms with E-state index >= 15 is 0 Å². The predicted octanol–water partition coefficient (Wildman–Crippen LogP) is 1.92. The largest absolute Gasteiger partial charge is 0.383 e. The number of rotatable bonds is 6. The highest BCUT2D eigenvalue weighted by atomic mass is 35.5. The van der Waals surface area contributed by atoms with E-state index in [1.807, 2.05) is 32.0 Å². The Balaban J connectivity index is 2.28. The molecule has 0 bridgehead atoms. The topological polar surface area (TPSA) is 64.9 Å². The molecular weight excluding hydrogens is 278 g/mol. The Kier molecular flexibility index (Phi) is 5.05. The molecule has 1 heterocycles. The van der Waals surface area contributed by atoms with Crippen LogP contribution in [0.5, 0.6) is 0 Å². The molecule has 0 aliphatic heterocycles. The van der Waals surface area contributed by atoms with Crippen LogP contribution >= 0.6 is 11.6 Å². The van der Waals surface area contributed by atoms with Crippen molar-refractivity contribution in [3.63, 3.8) is 0 Å². The standard InChI is InChI=1S/C13H18ClN5O/c1-9-5-4-6-11(14)12(9)19-13(16-17-18-19)10(2)15-7-8-20-3/h4-6,10,15H,7-8H2,1-3H3. The van der Waals surface area contributed by atoms with Crippen molar-refractivity contribution in [1.82, 2.24) is 25.5 Å². The number of nitrogens with one attached hydrogen (secondary N) is 1. The van der Waals surface area contributed by atoms with Gasteiger partial charge in [0.15, 0.2) is 5.82 Å². The third-order valence-electron chi connectivity index (χ3n) is 3.04. The zero-order chi connectivity index (χ0) is 14.5. The van der Waals surface area contributed by atoms with Crippen LogP contribution in [0.4, 0.5) is 0 Å². The molecular formula is C13H18ClN5O. The van der Waals surface area contributed by atoms with E-state index in [2.05, 4.69) is 20.8 Å². The molecule has 0 spiro atoms. The number of hydrogen-bond acceptors (Lipinski definition) is 5. The van der Waals surface area contributed by atoms with Crippen LogP contribution in [0.1, 0.15) is 24.4 Å². The molecule has 2 aromatic rings. The van der Waals surface area contributed by atoms with Gasteiger partial charge in [-0.05, 0) is 35.9 Å². The van der Waals surface area contributed by atoms with Crippen LogP contribution in [-0.2, 0) is 4.74 Å². The van der Waals surface area contributed by atoms with Crippen molar-refractivity contribution in [2.45, 2.75) is 19.9 Å².